The highest BCUT2D eigenvalue weighted by Crippen LogP contribution is 2.27. The number of hydrogen-bond donors (Lipinski definition) is 1. The Labute approximate surface area is 198 Å². The number of ether oxygens (including phenoxy) is 1. The molecule has 7 nitrogen and oxygen atoms in total. The van der Waals surface area contributed by atoms with E-state index in [1.165, 1.54) is 17.7 Å². The molecule has 0 radical (unpaired) electrons. The van der Waals surface area contributed by atoms with Crippen molar-refractivity contribution < 1.29 is 9.53 Å². The molecule has 3 aromatic carbocycles. The molecule has 1 N–H and O–H groups in total. The molecule has 9 heteroatoms. The number of carbonyl (C=O) groups is 1. The molecule has 0 aliphatic rings. The van der Waals surface area contributed by atoms with Crippen LogP contribution < -0.4 is 21.2 Å². The van der Waals surface area contributed by atoms with Crippen molar-refractivity contribution in [2.24, 2.45) is 0 Å². The number of carbonyl (C=O) groups excluding carboxylic acids is 1. The monoisotopic (exact) mass is 483 g/mol. The number of fused-ring (bicyclic) bond motifs is 1. The highest BCUT2D eigenvalue weighted by Gasteiger charge is 2.17. The summed E-state index contributed by atoms with van der Waals surface area (Å²) in [4.78, 5) is 38.9. The lowest BCUT2D eigenvalue weighted by Crippen LogP contribution is -2.43. The van der Waals surface area contributed by atoms with Crippen molar-refractivity contribution >= 4 is 45.8 Å². The van der Waals surface area contributed by atoms with Crippen LogP contribution in [-0.4, -0.2) is 22.2 Å². The van der Waals surface area contributed by atoms with E-state index in [9.17, 15) is 14.4 Å². The summed E-state index contributed by atoms with van der Waals surface area (Å²) in [5, 5.41) is 3.46. The molecule has 0 saturated carbocycles. The largest absolute Gasteiger partial charge is 0.495 e. The van der Waals surface area contributed by atoms with Crippen LogP contribution in [-0.2, 0) is 17.9 Å². The van der Waals surface area contributed by atoms with Crippen LogP contribution >= 0.6 is 23.2 Å². The number of aromatic nitrogens is 2. The van der Waals surface area contributed by atoms with Crippen LogP contribution in [0.3, 0.4) is 0 Å². The first-order valence-electron chi connectivity index (χ1n) is 9.97. The van der Waals surface area contributed by atoms with Crippen molar-refractivity contribution in [3.05, 3.63) is 103 Å². The molecule has 0 aliphatic heterocycles. The SMILES string of the molecule is COc1ccc(Cl)cc1NC(=O)Cn1c(=O)c(=O)n(Cc2ccccc2)c2ccc(Cl)cc21. The van der Waals surface area contributed by atoms with Gasteiger partial charge in [0, 0.05) is 10.0 Å². The Hall–Kier alpha value is -3.55. The van der Waals surface area contributed by atoms with Crippen molar-refractivity contribution in [1.29, 1.82) is 0 Å². The smallest absolute Gasteiger partial charge is 0.317 e. The molecular weight excluding hydrogens is 465 g/mol. The summed E-state index contributed by atoms with van der Waals surface area (Å²) in [6, 6.07) is 19.0. The van der Waals surface area contributed by atoms with Crippen molar-refractivity contribution in [2.75, 3.05) is 12.4 Å². The number of nitrogens with one attached hydrogen (secondary N) is 1. The Morgan fingerprint density at radius 2 is 1.55 bits per heavy atom. The van der Waals surface area contributed by atoms with E-state index >= 15 is 0 Å². The number of halogens is 2. The molecule has 0 atom stereocenters. The standard InChI is InChI=1S/C24H19Cl2N3O4/c1-33-21-10-8-16(25)11-18(21)27-22(30)14-29-20-12-17(26)7-9-19(20)28(23(31)24(29)32)13-15-5-3-2-4-6-15/h2-12H,13-14H2,1H3,(H,27,30). The number of amides is 1. The molecule has 4 aromatic rings. The van der Waals surface area contributed by atoms with Crippen molar-refractivity contribution in [3.8, 4) is 5.75 Å². The van der Waals surface area contributed by atoms with Gasteiger partial charge in [0.05, 0.1) is 30.4 Å². The molecule has 0 saturated heterocycles. The lowest BCUT2D eigenvalue weighted by atomic mass is 10.2. The van der Waals surface area contributed by atoms with Crippen LogP contribution in [0.4, 0.5) is 5.69 Å². The van der Waals surface area contributed by atoms with Gasteiger partial charge in [0.15, 0.2) is 0 Å². The van der Waals surface area contributed by atoms with E-state index in [-0.39, 0.29) is 6.54 Å². The van der Waals surface area contributed by atoms with Crippen LogP contribution in [0.1, 0.15) is 5.56 Å². The summed E-state index contributed by atoms with van der Waals surface area (Å²) in [6.07, 6.45) is 0. The summed E-state index contributed by atoms with van der Waals surface area (Å²) >= 11 is 12.2. The number of nitrogens with zero attached hydrogens (tertiary/aromatic N) is 2. The molecule has 0 spiro atoms. The lowest BCUT2D eigenvalue weighted by molar-refractivity contribution is -0.116. The summed E-state index contributed by atoms with van der Waals surface area (Å²) in [5.41, 5.74) is 0.509. The van der Waals surface area contributed by atoms with E-state index in [1.54, 1.807) is 30.3 Å². The summed E-state index contributed by atoms with van der Waals surface area (Å²) in [7, 11) is 1.46. The van der Waals surface area contributed by atoms with Crippen LogP contribution in [0.25, 0.3) is 11.0 Å². The van der Waals surface area contributed by atoms with Gasteiger partial charge in [-0.2, -0.15) is 0 Å². The molecule has 168 valence electrons. The van der Waals surface area contributed by atoms with E-state index in [0.717, 1.165) is 10.1 Å². The fourth-order valence-electron chi connectivity index (χ4n) is 3.58. The average Bonchev–Trinajstić information content (AvgIpc) is 2.80. The molecule has 4 rings (SSSR count). The minimum atomic E-state index is -0.825. The number of benzene rings is 3. The van der Waals surface area contributed by atoms with Crippen LogP contribution in [0.15, 0.2) is 76.3 Å². The molecule has 0 bridgehead atoms. The van der Waals surface area contributed by atoms with Gasteiger partial charge in [-0.3, -0.25) is 23.5 Å². The van der Waals surface area contributed by atoms with Gasteiger partial charge in [-0.15, -0.1) is 0 Å². The second kappa shape index (κ2) is 9.52. The Balaban J connectivity index is 1.76. The van der Waals surface area contributed by atoms with E-state index in [0.29, 0.717) is 32.5 Å². The van der Waals surface area contributed by atoms with Gasteiger partial charge in [-0.05, 0) is 42.0 Å². The number of hydrogen-bond acceptors (Lipinski definition) is 4. The third kappa shape index (κ3) is 4.79. The maximum Gasteiger partial charge on any atom is 0.317 e. The Morgan fingerprint density at radius 3 is 2.27 bits per heavy atom. The minimum absolute atomic E-state index is 0.208. The Kier molecular flexibility index (Phi) is 6.53. The first-order chi connectivity index (χ1) is 15.9. The van der Waals surface area contributed by atoms with Gasteiger partial charge in [0.1, 0.15) is 12.3 Å². The molecule has 0 fully saturated rings. The van der Waals surface area contributed by atoms with Gasteiger partial charge in [0.2, 0.25) is 5.91 Å². The second-order valence-corrected chi connectivity index (χ2v) is 8.17. The van der Waals surface area contributed by atoms with E-state index in [1.807, 2.05) is 30.3 Å². The topological polar surface area (TPSA) is 82.3 Å². The van der Waals surface area contributed by atoms with E-state index in [4.69, 9.17) is 27.9 Å². The third-order valence-corrected chi connectivity index (χ3v) is 5.58. The maximum absolute atomic E-state index is 13.0. The fraction of sp³-hybridized carbons (Fsp3) is 0.125. The first kappa shape index (κ1) is 22.6. The van der Waals surface area contributed by atoms with Crippen LogP contribution in [0.5, 0.6) is 5.75 Å². The normalized spacial score (nSPS) is 10.9. The maximum atomic E-state index is 13.0. The first-order valence-corrected chi connectivity index (χ1v) is 10.7. The molecule has 1 aromatic heterocycles. The highest BCUT2D eigenvalue weighted by molar-refractivity contribution is 6.31. The Bertz CT molecular complexity index is 1460. The van der Waals surface area contributed by atoms with Crippen molar-refractivity contribution in [1.82, 2.24) is 9.13 Å². The van der Waals surface area contributed by atoms with Gasteiger partial charge >= 0.3 is 11.1 Å². The van der Waals surface area contributed by atoms with Crippen molar-refractivity contribution in [3.63, 3.8) is 0 Å². The van der Waals surface area contributed by atoms with Gasteiger partial charge in [-0.25, -0.2) is 0 Å². The second-order valence-electron chi connectivity index (χ2n) is 7.29. The van der Waals surface area contributed by atoms with Crippen LogP contribution in [0.2, 0.25) is 10.0 Å². The quantitative estimate of drug-likeness (QED) is 0.417. The molecular formula is C24H19Cl2N3O4. The van der Waals surface area contributed by atoms with Gasteiger partial charge in [-0.1, -0.05) is 53.5 Å². The molecule has 1 heterocycles. The summed E-state index contributed by atoms with van der Waals surface area (Å²) < 4.78 is 7.75. The average molecular weight is 484 g/mol. The summed E-state index contributed by atoms with van der Waals surface area (Å²) in [6.45, 7) is -0.188. The summed E-state index contributed by atoms with van der Waals surface area (Å²) in [5.74, 6) is -0.120. The number of anilines is 1. The lowest BCUT2D eigenvalue weighted by Gasteiger charge is -2.16. The zero-order valence-corrected chi connectivity index (χ0v) is 19.1. The molecule has 0 unspecified atom stereocenters. The van der Waals surface area contributed by atoms with Crippen LogP contribution in [0, 0.1) is 0 Å². The zero-order valence-electron chi connectivity index (χ0n) is 17.5. The molecule has 33 heavy (non-hydrogen) atoms. The highest BCUT2D eigenvalue weighted by atomic mass is 35.5. The number of methoxy groups -OCH3 is 1. The van der Waals surface area contributed by atoms with E-state index in [2.05, 4.69) is 5.32 Å². The molecule has 1 amide bonds. The third-order valence-electron chi connectivity index (χ3n) is 5.11. The predicted octanol–water partition coefficient (Wildman–Crippen LogP) is 4.17. The minimum Gasteiger partial charge on any atom is -0.495 e. The van der Waals surface area contributed by atoms with Crippen molar-refractivity contribution in [2.45, 2.75) is 13.1 Å². The molecule has 0 aliphatic carbocycles. The number of rotatable bonds is 6. The van der Waals surface area contributed by atoms with Gasteiger partial charge in [0.25, 0.3) is 0 Å². The van der Waals surface area contributed by atoms with E-state index < -0.39 is 23.6 Å². The fourth-order valence-corrected chi connectivity index (χ4v) is 3.92. The van der Waals surface area contributed by atoms with Gasteiger partial charge < -0.3 is 10.1 Å². The predicted molar refractivity (Wildman–Crippen MR) is 130 cm³/mol. The zero-order chi connectivity index (χ0) is 23.5. The Morgan fingerprint density at radius 1 is 0.879 bits per heavy atom.